The van der Waals surface area contributed by atoms with Crippen LogP contribution in [0.3, 0.4) is 0 Å². The van der Waals surface area contributed by atoms with Gasteiger partial charge < -0.3 is 15.7 Å². The molecule has 2 aromatic rings. The first-order valence-corrected chi connectivity index (χ1v) is 10.4. The fourth-order valence-corrected chi connectivity index (χ4v) is 4.25. The molecule has 0 radical (unpaired) electrons. The highest BCUT2D eigenvalue weighted by molar-refractivity contribution is 5.92. The molecule has 0 spiro atoms. The van der Waals surface area contributed by atoms with E-state index in [2.05, 4.69) is 21.9 Å². The number of carbonyl (C=O) groups is 2. The molecule has 31 heavy (non-hydrogen) atoms. The minimum atomic E-state index is -0.692. The van der Waals surface area contributed by atoms with Gasteiger partial charge in [0.15, 0.2) is 11.5 Å². The van der Waals surface area contributed by atoms with E-state index >= 15 is 0 Å². The molecule has 2 atom stereocenters. The summed E-state index contributed by atoms with van der Waals surface area (Å²) in [6, 6.07) is 3.57. The smallest absolute Gasteiger partial charge is 0.269 e. The van der Waals surface area contributed by atoms with Crippen LogP contribution in [0.4, 0.5) is 0 Å². The Labute approximate surface area is 181 Å². The highest BCUT2D eigenvalue weighted by Crippen LogP contribution is 2.37. The van der Waals surface area contributed by atoms with E-state index in [0.29, 0.717) is 42.8 Å². The van der Waals surface area contributed by atoms with Crippen LogP contribution in [0.5, 0.6) is 0 Å². The van der Waals surface area contributed by atoms with Gasteiger partial charge in [-0.2, -0.15) is 5.10 Å². The third-order valence-electron chi connectivity index (χ3n) is 6.46. The molecule has 162 valence electrons. The number of likely N-dealkylation sites (tertiary alicyclic amines) is 1. The number of hydrogen-bond acceptors (Lipinski definition) is 5. The first-order chi connectivity index (χ1) is 14.5. The SMILES string of the molecule is CN1CC[C@@](C)(C#Cc2ccnc(-n3nc(C(N)=O)c4c3CC(C)(C)[C@@H](O)C4)c2)C1=O. The number of nitrogens with two attached hydrogens (primary N) is 1. The average Bonchev–Trinajstić information content (AvgIpc) is 3.20. The fourth-order valence-electron chi connectivity index (χ4n) is 4.25. The average molecular weight is 422 g/mol. The zero-order chi connectivity index (χ0) is 22.6. The van der Waals surface area contributed by atoms with Crippen LogP contribution in [0.1, 0.15) is 54.5 Å². The number of nitrogens with zero attached hydrogens (tertiary/aromatic N) is 4. The van der Waals surface area contributed by atoms with Gasteiger partial charge in [-0.1, -0.05) is 25.7 Å². The summed E-state index contributed by atoms with van der Waals surface area (Å²) in [6.07, 6.45) is 2.57. The second-order valence-electron chi connectivity index (χ2n) is 9.40. The Balaban J connectivity index is 1.75. The number of fused-ring (bicyclic) bond motifs is 1. The van der Waals surface area contributed by atoms with Gasteiger partial charge in [0.2, 0.25) is 5.91 Å². The van der Waals surface area contributed by atoms with Crippen LogP contribution in [0, 0.1) is 22.7 Å². The van der Waals surface area contributed by atoms with Crippen LogP contribution < -0.4 is 5.73 Å². The number of carbonyl (C=O) groups excluding carboxylic acids is 2. The van der Waals surface area contributed by atoms with Crippen LogP contribution in [-0.4, -0.2) is 56.3 Å². The molecule has 0 aromatic carbocycles. The first kappa shape index (κ1) is 21.1. The van der Waals surface area contributed by atoms with Crippen molar-refractivity contribution in [2.75, 3.05) is 13.6 Å². The predicted octanol–water partition coefficient (Wildman–Crippen LogP) is 1.07. The maximum atomic E-state index is 12.4. The number of pyridine rings is 1. The van der Waals surface area contributed by atoms with Crippen LogP contribution in [0.15, 0.2) is 18.3 Å². The van der Waals surface area contributed by atoms with Crippen molar-refractivity contribution in [3.05, 3.63) is 40.8 Å². The van der Waals surface area contributed by atoms with E-state index < -0.39 is 17.4 Å². The van der Waals surface area contributed by atoms with Crippen molar-refractivity contribution in [3.8, 4) is 17.7 Å². The zero-order valence-electron chi connectivity index (χ0n) is 18.3. The monoisotopic (exact) mass is 421 g/mol. The molecular weight excluding hydrogens is 394 g/mol. The van der Waals surface area contributed by atoms with E-state index in [4.69, 9.17) is 5.73 Å². The minimum absolute atomic E-state index is 0.0299. The Morgan fingerprint density at radius 1 is 1.35 bits per heavy atom. The van der Waals surface area contributed by atoms with Gasteiger partial charge in [0.25, 0.3) is 5.91 Å². The molecule has 8 nitrogen and oxygen atoms in total. The topological polar surface area (TPSA) is 114 Å². The number of aliphatic hydroxyl groups is 1. The lowest BCUT2D eigenvalue weighted by molar-refractivity contribution is -0.131. The molecule has 8 heteroatoms. The van der Waals surface area contributed by atoms with Crippen molar-refractivity contribution >= 4 is 11.8 Å². The summed E-state index contributed by atoms with van der Waals surface area (Å²) in [4.78, 5) is 30.5. The molecule has 2 aliphatic rings. The van der Waals surface area contributed by atoms with Gasteiger partial charge in [0.05, 0.1) is 11.8 Å². The van der Waals surface area contributed by atoms with Crippen LogP contribution >= 0.6 is 0 Å². The molecule has 3 N–H and O–H groups in total. The van der Waals surface area contributed by atoms with Crippen molar-refractivity contribution in [1.82, 2.24) is 19.7 Å². The standard InChI is InChI=1S/C23H27N5O3/c1-22(2)13-16-15(12-17(22)29)19(20(24)30)26-28(16)18-11-14(6-9-25-18)5-7-23(3)8-10-27(4)21(23)31/h6,9,11,17,29H,8,10,12-13H2,1-4H3,(H2,24,30)/t17-,23+/m0/s1. The molecule has 0 unspecified atom stereocenters. The molecule has 1 aliphatic carbocycles. The van der Waals surface area contributed by atoms with E-state index in [1.54, 1.807) is 35.0 Å². The van der Waals surface area contributed by atoms with Crippen LogP contribution in [-0.2, 0) is 17.6 Å². The molecule has 2 amide bonds. The molecule has 0 bridgehead atoms. The van der Waals surface area contributed by atoms with Crippen molar-refractivity contribution in [1.29, 1.82) is 0 Å². The molecule has 1 fully saturated rings. The number of hydrogen-bond donors (Lipinski definition) is 2. The quantitative estimate of drug-likeness (QED) is 0.704. The number of amides is 2. The van der Waals surface area contributed by atoms with Crippen molar-refractivity contribution in [3.63, 3.8) is 0 Å². The summed E-state index contributed by atoms with van der Waals surface area (Å²) in [5, 5.41) is 14.9. The molecule has 4 rings (SSSR count). The maximum absolute atomic E-state index is 12.4. The first-order valence-electron chi connectivity index (χ1n) is 10.4. The van der Waals surface area contributed by atoms with Gasteiger partial charge in [-0.05, 0) is 37.3 Å². The van der Waals surface area contributed by atoms with Crippen LogP contribution in [0.25, 0.3) is 5.82 Å². The highest BCUT2D eigenvalue weighted by atomic mass is 16.3. The Kier molecular flexibility index (Phi) is 4.90. The summed E-state index contributed by atoms with van der Waals surface area (Å²) in [6.45, 7) is 6.52. The van der Waals surface area contributed by atoms with E-state index in [9.17, 15) is 14.7 Å². The van der Waals surface area contributed by atoms with Gasteiger partial charge >= 0.3 is 0 Å². The van der Waals surface area contributed by atoms with Gasteiger partial charge in [-0.3, -0.25) is 9.59 Å². The Hall–Kier alpha value is -3.18. The third-order valence-corrected chi connectivity index (χ3v) is 6.46. The minimum Gasteiger partial charge on any atom is -0.392 e. The lowest BCUT2D eigenvalue weighted by Gasteiger charge is -2.35. The highest BCUT2D eigenvalue weighted by Gasteiger charge is 2.40. The lowest BCUT2D eigenvalue weighted by atomic mass is 9.74. The Morgan fingerprint density at radius 2 is 2.10 bits per heavy atom. The number of aliphatic hydroxyl groups excluding tert-OH is 1. The van der Waals surface area contributed by atoms with Crippen molar-refractivity contribution in [2.45, 2.75) is 46.1 Å². The zero-order valence-corrected chi connectivity index (χ0v) is 18.3. The lowest BCUT2D eigenvalue weighted by Crippen LogP contribution is -2.38. The second kappa shape index (κ2) is 7.20. The summed E-state index contributed by atoms with van der Waals surface area (Å²) < 4.78 is 1.63. The summed E-state index contributed by atoms with van der Waals surface area (Å²) in [5.41, 5.74) is 6.84. The van der Waals surface area contributed by atoms with Gasteiger partial charge in [0, 0.05) is 37.3 Å². The van der Waals surface area contributed by atoms with Crippen LogP contribution in [0.2, 0.25) is 0 Å². The van der Waals surface area contributed by atoms with E-state index in [0.717, 1.165) is 5.69 Å². The second-order valence-corrected chi connectivity index (χ2v) is 9.40. The van der Waals surface area contributed by atoms with Gasteiger partial charge in [-0.25, -0.2) is 9.67 Å². The molecule has 1 aliphatic heterocycles. The number of rotatable bonds is 2. The van der Waals surface area contributed by atoms with Crippen molar-refractivity contribution in [2.24, 2.45) is 16.6 Å². The number of primary amides is 1. The molecular formula is C23H27N5O3. The van der Waals surface area contributed by atoms with Crippen molar-refractivity contribution < 1.29 is 14.7 Å². The third kappa shape index (κ3) is 3.59. The van der Waals surface area contributed by atoms with Gasteiger partial charge in [0.1, 0.15) is 5.41 Å². The summed E-state index contributed by atoms with van der Waals surface area (Å²) in [5.74, 6) is 6.16. The van der Waals surface area contributed by atoms with E-state index in [-0.39, 0.29) is 17.0 Å². The molecule has 2 aromatic heterocycles. The van der Waals surface area contributed by atoms with E-state index in [1.165, 1.54) is 0 Å². The predicted molar refractivity (Wildman–Crippen MR) is 114 cm³/mol. The molecule has 1 saturated heterocycles. The normalized spacial score (nSPS) is 24.5. The Morgan fingerprint density at radius 3 is 2.74 bits per heavy atom. The van der Waals surface area contributed by atoms with E-state index in [1.807, 2.05) is 20.8 Å². The summed E-state index contributed by atoms with van der Waals surface area (Å²) in [7, 11) is 1.79. The van der Waals surface area contributed by atoms with Gasteiger partial charge in [-0.15, -0.1) is 0 Å². The summed E-state index contributed by atoms with van der Waals surface area (Å²) >= 11 is 0. The maximum Gasteiger partial charge on any atom is 0.269 e. The molecule has 3 heterocycles. The Bertz CT molecular complexity index is 1140. The largest absolute Gasteiger partial charge is 0.392 e. The number of aromatic nitrogens is 3. The fraction of sp³-hybridized carbons (Fsp3) is 0.478. The molecule has 0 saturated carbocycles.